The third kappa shape index (κ3) is 4.80. The number of carbonyl (C=O) groups excluding carboxylic acids is 1. The summed E-state index contributed by atoms with van der Waals surface area (Å²) in [6, 6.07) is 18.4. The van der Waals surface area contributed by atoms with Crippen molar-refractivity contribution in [2.45, 2.75) is 43.7 Å². The number of hydrogen-bond donors (Lipinski definition) is 2. The van der Waals surface area contributed by atoms with Gasteiger partial charge in [-0.2, -0.15) is 0 Å². The van der Waals surface area contributed by atoms with Crippen LogP contribution in [0.15, 0.2) is 54.6 Å². The third-order valence-corrected chi connectivity index (χ3v) is 6.07. The van der Waals surface area contributed by atoms with Crippen LogP contribution in [0.25, 0.3) is 0 Å². The van der Waals surface area contributed by atoms with Crippen LogP contribution in [0.1, 0.15) is 36.8 Å². The molecule has 2 aliphatic heterocycles. The van der Waals surface area contributed by atoms with Gasteiger partial charge in [-0.3, -0.25) is 4.79 Å². The smallest absolute Gasteiger partial charge is 0.231 e. The van der Waals surface area contributed by atoms with Crippen molar-refractivity contribution in [3.8, 4) is 5.75 Å². The van der Waals surface area contributed by atoms with Crippen LogP contribution >= 0.6 is 0 Å². The van der Waals surface area contributed by atoms with Crippen molar-refractivity contribution in [3.63, 3.8) is 0 Å². The Morgan fingerprint density at radius 2 is 1.86 bits per heavy atom. The summed E-state index contributed by atoms with van der Waals surface area (Å²) in [6.45, 7) is 3.65. The minimum Gasteiger partial charge on any atom is -0.489 e. The average Bonchev–Trinajstić information content (AvgIpc) is 2.80. The van der Waals surface area contributed by atoms with Gasteiger partial charge < -0.3 is 20.1 Å². The lowest BCUT2D eigenvalue weighted by Crippen LogP contribution is -2.54. The highest BCUT2D eigenvalue weighted by molar-refractivity contribution is 5.88. The van der Waals surface area contributed by atoms with Gasteiger partial charge in [0.1, 0.15) is 12.4 Å². The molecule has 0 saturated carbocycles. The van der Waals surface area contributed by atoms with Crippen LogP contribution in [0.3, 0.4) is 0 Å². The van der Waals surface area contributed by atoms with E-state index in [-0.39, 0.29) is 11.9 Å². The van der Waals surface area contributed by atoms with E-state index in [0.717, 1.165) is 42.8 Å². The second kappa shape index (κ2) is 9.42. The third-order valence-electron chi connectivity index (χ3n) is 6.07. The van der Waals surface area contributed by atoms with E-state index in [1.165, 1.54) is 0 Å². The lowest BCUT2D eigenvalue weighted by atomic mass is 9.73. The second-order valence-electron chi connectivity index (χ2n) is 8.01. The first-order valence-corrected chi connectivity index (χ1v) is 10.6. The van der Waals surface area contributed by atoms with Crippen LogP contribution in [-0.2, 0) is 21.6 Å². The van der Waals surface area contributed by atoms with Crippen LogP contribution in [-0.4, -0.2) is 38.3 Å². The van der Waals surface area contributed by atoms with Crippen LogP contribution in [0.2, 0.25) is 0 Å². The molecule has 4 rings (SSSR count). The van der Waals surface area contributed by atoms with E-state index in [1.807, 2.05) is 42.5 Å². The molecule has 0 bridgehead atoms. The molecule has 2 fully saturated rings. The van der Waals surface area contributed by atoms with Crippen LogP contribution in [0.4, 0.5) is 0 Å². The maximum Gasteiger partial charge on any atom is 0.231 e. The Bertz CT molecular complexity index is 780. The van der Waals surface area contributed by atoms with Crippen molar-refractivity contribution in [1.29, 1.82) is 0 Å². The first-order chi connectivity index (χ1) is 14.3. The molecule has 2 aromatic rings. The zero-order valence-corrected chi connectivity index (χ0v) is 16.9. The molecule has 2 aliphatic rings. The average molecular weight is 395 g/mol. The molecule has 2 heterocycles. The zero-order valence-electron chi connectivity index (χ0n) is 16.9. The number of nitrogens with one attached hydrogen (secondary N) is 2. The topological polar surface area (TPSA) is 59.6 Å². The van der Waals surface area contributed by atoms with Gasteiger partial charge in [-0.25, -0.2) is 0 Å². The van der Waals surface area contributed by atoms with Gasteiger partial charge in [0.15, 0.2) is 0 Å². The van der Waals surface area contributed by atoms with Gasteiger partial charge in [-0.1, -0.05) is 42.5 Å². The van der Waals surface area contributed by atoms with E-state index in [2.05, 4.69) is 22.8 Å². The number of benzene rings is 2. The highest BCUT2D eigenvalue weighted by Crippen LogP contribution is 2.36. The summed E-state index contributed by atoms with van der Waals surface area (Å²) in [6.07, 6.45) is 3.57. The molecule has 2 saturated heterocycles. The largest absolute Gasteiger partial charge is 0.489 e. The molecule has 1 atom stereocenters. The highest BCUT2D eigenvalue weighted by Gasteiger charge is 2.42. The van der Waals surface area contributed by atoms with Gasteiger partial charge in [0.05, 0.1) is 5.41 Å². The van der Waals surface area contributed by atoms with Gasteiger partial charge in [0.2, 0.25) is 5.91 Å². The Morgan fingerprint density at radius 1 is 1.10 bits per heavy atom. The summed E-state index contributed by atoms with van der Waals surface area (Å²) in [5.41, 5.74) is 1.67. The summed E-state index contributed by atoms with van der Waals surface area (Å²) < 4.78 is 11.5. The predicted octanol–water partition coefficient (Wildman–Crippen LogP) is 3.18. The molecule has 5 heteroatoms. The van der Waals surface area contributed by atoms with E-state index in [0.29, 0.717) is 32.7 Å². The van der Waals surface area contributed by atoms with E-state index in [9.17, 15) is 4.79 Å². The van der Waals surface area contributed by atoms with Gasteiger partial charge in [0.25, 0.3) is 0 Å². The number of amides is 1. The molecule has 2 N–H and O–H groups in total. The molecular formula is C24H30N2O3. The lowest BCUT2D eigenvalue weighted by Gasteiger charge is -2.38. The molecule has 0 aromatic heterocycles. The summed E-state index contributed by atoms with van der Waals surface area (Å²) in [5, 5.41) is 6.68. The Kier molecular flexibility index (Phi) is 6.47. The van der Waals surface area contributed by atoms with Crippen molar-refractivity contribution in [2.24, 2.45) is 0 Å². The molecule has 29 heavy (non-hydrogen) atoms. The van der Waals surface area contributed by atoms with Gasteiger partial charge >= 0.3 is 0 Å². The number of rotatable bonds is 6. The summed E-state index contributed by atoms with van der Waals surface area (Å²) in [4.78, 5) is 13.4. The predicted molar refractivity (Wildman–Crippen MR) is 113 cm³/mol. The van der Waals surface area contributed by atoms with Crippen LogP contribution < -0.4 is 15.4 Å². The fourth-order valence-corrected chi connectivity index (χ4v) is 4.28. The molecule has 0 radical (unpaired) electrons. The molecular weight excluding hydrogens is 364 g/mol. The van der Waals surface area contributed by atoms with Crippen molar-refractivity contribution < 1.29 is 14.3 Å². The summed E-state index contributed by atoms with van der Waals surface area (Å²) in [5.74, 6) is 0.948. The maximum atomic E-state index is 13.4. The summed E-state index contributed by atoms with van der Waals surface area (Å²) in [7, 11) is 0. The number of piperidine rings is 1. The standard InChI is InChI=1S/C24H30N2O3/c27-23(26-21-7-4-14-25-17-21)24(12-15-28-16-13-24)20-8-10-22(11-9-20)29-18-19-5-2-1-3-6-19/h1-3,5-6,8-11,21,25H,4,7,12-18H2,(H,26,27)/t21-/m0/s1. The highest BCUT2D eigenvalue weighted by atomic mass is 16.5. The lowest BCUT2D eigenvalue weighted by molar-refractivity contribution is -0.131. The van der Waals surface area contributed by atoms with E-state index < -0.39 is 5.41 Å². The first kappa shape index (κ1) is 19.9. The quantitative estimate of drug-likeness (QED) is 0.790. The van der Waals surface area contributed by atoms with Crippen LogP contribution in [0, 0.1) is 0 Å². The molecule has 0 unspecified atom stereocenters. The van der Waals surface area contributed by atoms with Crippen molar-refractivity contribution in [2.75, 3.05) is 26.3 Å². The Labute approximate surface area is 172 Å². The number of ether oxygens (including phenoxy) is 2. The molecule has 1 amide bonds. The van der Waals surface area contributed by atoms with E-state index in [4.69, 9.17) is 9.47 Å². The SMILES string of the molecule is O=C(N[C@H]1CCCNC1)C1(c2ccc(OCc3ccccc3)cc2)CCOCC1. The zero-order chi connectivity index (χ0) is 19.9. The van der Waals surface area contributed by atoms with Crippen LogP contribution in [0.5, 0.6) is 5.75 Å². The van der Waals surface area contributed by atoms with Gasteiger partial charge in [0, 0.05) is 25.8 Å². The van der Waals surface area contributed by atoms with Crippen molar-refractivity contribution >= 4 is 5.91 Å². The number of hydrogen-bond acceptors (Lipinski definition) is 4. The van der Waals surface area contributed by atoms with Gasteiger partial charge in [-0.05, 0) is 55.5 Å². The Morgan fingerprint density at radius 3 is 2.55 bits per heavy atom. The fourth-order valence-electron chi connectivity index (χ4n) is 4.28. The normalized spacial score (nSPS) is 21.3. The molecule has 0 aliphatic carbocycles. The van der Waals surface area contributed by atoms with Crippen molar-refractivity contribution in [1.82, 2.24) is 10.6 Å². The molecule has 5 nitrogen and oxygen atoms in total. The molecule has 2 aromatic carbocycles. The van der Waals surface area contributed by atoms with Gasteiger partial charge in [-0.15, -0.1) is 0 Å². The monoisotopic (exact) mass is 394 g/mol. The Balaban J connectivity index is 1.46. The first-order valence-electron chi connectivity index (χ1n) is 10.6. The second-order valence-corrected chi connectivity index (χ2v) is 8.01. The summed E-state index contributed by atoms with van der Waals surface area (Å²) >= 11 is 0. The molecule has 0 spiro atoms. The minimum atomic E-state index is -0.520. The van der Waals surface area contributed by atoms with E-state index >= 15 is 0 Å². The fraction of sp³-hybridized carbons (Fsp3) is 0.458. The number of carbonyl (C=O) groups is 1. The Hall–Kier alpha value is -2.37. The van der Waals surface area contributed by atoms with Crippen molar-refractivity contribution in [3.05, 3.63) is 65.7 Å². The molecule has 154 valence electrons. The minimum absolute atomic E-state index is 0.132. The van der Waals surface area contributed by atoms with E-state index in [1.54, 1.807) is 0 Å². The maximum absolute atomic E-state index is 13.4.